The zero-order chi connectivity index (χ0) is 13.3. The van der Waals surface area contributed by atoms with E-state index in [1.807, 2.05) is 25.1 Å². The van der Waals surface area contributed by atoms with Crippen molar-refractivity contribution in [3.05, 3.63) is 23.8 Å². The molecule has 0 bridgehead atoms. The maximum Gasteiger partial charge on any atom is 0.248 e. The van der Waals surface area contributed by atoms with Crippen molar-refractivity contribution in [1.82, 2.24) is 0 Å². The van der Waals surface area contributed by atoms with Crippen LogP contribution in [0, 0.1) is 0 Å². The van der Waals surface area contributed by atoms with Crippen LogP contribution in [-0.4, -0.2) is 37.8 Å². The van der Waals surface area contributed by atoms with Crippen molar-refractivity contribution in [2.45, 2.75) is 13.0 Å². The van der Waals surface area contributed by atoms with Crippen LogP contribution < -0.4 is 15.5 Å². The molecular formula is C13H19N3O2. The number of hydrogen-bond donors (Lipinski definition) is 2. The van der Waals surface area contributed by atoms with Gasteiger partial charge in [0, 0.05) is 31.4 Å². The highest BCUT2D eigenvalue weighted by atomic mass is 16.3. The van der Waals surface area contributed by atoms with E-state index in [9.17, 15) is 4.79 Å². The molecule has 1 heterocycles. The third kappa shape index (κ3) is 1.95. The van der Waals surface area contributed by atoms with E-state index < -0.39 is 6.04 Å². The number of likely N-dealkylation sites (N-methyl/N-ethyl adjacent to an activating group) is 2. The fraction of sp³-hybridized carbons (Fsp3) is 0.462. The molecule has 0 saturated heterocycles. The lowest BCUT2D eigenvalue weighted by Crippen LogP contribution is -2.28. The van der Waals surface area contributed by atoms with Crippen LogP contribution in [0.1, 0.15) is 18.5 Å². The van der Waals surface area contributed by atoms with Gasteiger partial charge in [0.25, 0.3) is 0 Å². The van der Waals surface area contributed by atoms with E-state index in [-0.39, 0.29) is 12.5 Å². The molecule has 1 amide bonds. The summed E-state index contributed by atoms with van der Waals surface area (Å²) in [6.07, 6.45) is 0. The van der Waals surface area contributed by atoms with Crippen LogP contribution in [0.2, 0.25) is 0 Å². The number of nitrogens with zero attached hydrogens (tertiary/aromatic N) is 2. The Morgan fingerprint density at radius 3 is 2.83 bits per heavy atom. The number of anilines is 2. The van der Waals surface area contributed by atoms with Crippen LogP contribution >= 0.6 is 0 Å². The highest BCUT2D eigenvalue weighted by Crippen LogP contribution is 2.36. The Kier molecular flexibility index (Phi) is 3.54. The number of aliphatic hydroxyl groups excluding tert-OH is 1. The molecule has 0 radical (unpaired) electrons. The van der Waals surface area contributed by atoms with Gasteiger partial charge in [-0.1, -0.05) is 6.07 Å². The van der Waals surface area contributed by atoms with Gasteiger partial charge < -0.3 is 20.6 Å². The number of hydrogen-bond acceptors (Lipinski definition) is 4. The molecule has 1 aromatic rings. The molecule has 5 heteroatoms. The van der Waals surface area contributed by atoms with Crippen molar-refractivity contribution in [2.75, 3.05) is 36.5 Å². The Bertz CT molecular complexity index is 462. The summed E-state index contributed by atoms with van der Waals surface area (Å²) in [5, 5.41) is 9.03. The quantitative estimate of drug-likeness (QED) is 0.814. The molecule has 0 saturated carbocycles. The summed E-state index contributed by atoms with van der Waals surface area (Å²) < 4.78 is 0. The van der Waals surface area contributed by atoms with Crippen molar-refractivity contribution < 1.29 is 9.90 Å². The molecule has 18 heavy (non-hydrogen) atoms. The molecule has 0 fully saturated rings. The summed E-state index contributed by atoms with van der Waals surface area (Å²) in [6, 6.07) is 5.26. The lowest BCUT2D eigenvalue weighted by atomic mass is 10.1. The predicted octanol–water partition coefficient (Wildman–Crippen LogP) is 0.481. The summed E-state index contributed by atoms with van der Waals surface area (Å²) in [5.41, 5.74) is 8.58. The number of benzene rings is 1. The molecule has 0 aliphatic carbocycles. The molecule has 1 aliphatic rings. The number of carbonyl (C=O) groups excluding carboxylic acids is 1. The van der Waals surface area contributed by atoms with E-state index in [0.717, 1.165) is 23.5 Å². The topological polar surface area (TPSA) is 69.8 Å². The van der Waals surface area contributed by atoms with Crippen LogP contribution in [0.5, 0.6) is 0 Å². The van der Waals surface area contributed by atoms with E-state index in [0.29, 0.717) is 6.54 Å². The first-order valence-corrected chi connectivity index (χ1v) is 6.13. The first-order valence-electron chi connectivity index (χ1n) is 6.13. The van der Waals surface area contributed by atoms with Crippen molar-refractivity contribution in [3.8, 4) is 0 Å². The second-order valence-electron chi connectivity index (χ2n) is 4.42. The number of fused-ring (bicyclic) bond motifs is 1. The Morgan fingerprint density at radius 2 is 2.22 bits per heavy atom. The van der Waals surface area contributed by atoms with Crippen LogP contribution in [0.15, 0.2) is 18.2 Å². The van der Waals surface area contributed by atoms with E-state index >= 15 is 0 Å². The molecule has 5 nitrogen and oxygen atoms in total. The maximum atomic E-state index is 11.8. The predicted molar refractivity (Wildman–Crippen MR) is 71.8 cm³/mol. The lowest BCUT2D eigenvalue weighted by molar-refractivity contribution is -0.118. The first-order chi connectivity index (χ1) is 8.60. The number of aliphatic hydroxyl groups is 1. The second kappa shape index (κ2) is 4.96. The first kappa shape index (κ1) is 12.9. The fourth-order valence-electron chi connectivity index (χ4n) is 2.33. The van der Waals surface area contributed by atoms with Crippen molar-refractivity contribution in [1.29, 1.82) is 0 Å². The Balaban J connectivity index is 2.36. The Labute approximate surface area is 107 Å². The van der Waals surface area contributed by atoms with Crippen molar-refractivity contribution >= 4 is 17.3 Å². The molecule has 98 valence electrons. The van der Waals surface area contributed by atoms with Gasteiger partial charge in [-0.15, -0.1) is 0 Å². The van der Waals surface area contributed by atoms with Crippen molar-refractivity contribution in [2.24, 2.45) is 5.73 Å². The van der Waals surface area contributed by atoms with E-state index in [4.69, 9.17) is 10.8 Å². The maximum absolute atomic E-state index is 11.8. The molecule has 3 N–H and O–H groups in total. The summed E-state index contributed by atoms with van der Waals surface area (Å²) >= 11 is 0. The van der Waals surface area contributed by atoms with Crippen molar-refractivity contribution in [3.63, 3.8) is 0 Å². The van der Waals surface area contributed by atoms with Crippen LogP contribution in [0.3, 0.4) is 0 Å². The Hall–Kier alpha value is -1.59. The summed E-state index contributed by atoms with van der Waals surface area (Å²) in [6.45, 7) is 3.53. The van der Waals surface area contributed by atoms with E-state index in [1.54, 1.807) is 11.9 Å². The molecule has 1 atom stereocenters. The van der Waals surface area contributed by atoms with Crippen LogP contribution in [-0.2, 0) is 4.79 Å². The minimum absolute atomic E-state index is 0.0765. The van der Waals surface area contributed by atoms with E-state index in [2.05, 4.69) is 4.90 Å². The molecule has 1 unspecified atom stereocenters. The number of amides is 1. The highest BCUT2D eigenvalue weighted by Gasteiger charge is 2.32. The SMILES string of the molecule is CCN(CCO)c1ccc2c(c1)N(C)C(=O)C2N. The normalized spacial score (nSPS) is 18.1. The van der Waals surface area contributed by atoms with Gasteiger partial charge in [0.15, 0.2) is 0 Å². The summed E-state index contributed by atoms with van der Waals surface area (Å²) in [5.74, 6) is -0.0765. The Morgan fingerprint density at radius 1 is 1.50 bits per heavy atom. The molecule has 0 spiro atoms. The highest BCUT2D eigenvalue weighted by molar-refractivity contribution is 6.04. The zero-order valence-corrected chi connectivity index (χ0v) is 10.8. The average Bonchev–Trinajstić information content (AvgIpc) is 2.61. The smallest absolute Gasteiger partial charge is 0.248 e. The number of carbonyl (C=O) groups is 1. The molecule has 1 aliphatic heterocycles. The average molecular weight is 249 g/mol. The second-order valence-corrected chi connectivity index (χ2v) is 4.42. The zero-order valence-electron chi connectivity index (χ0n) is 10.8. The minimum Gasteiger partial charge on any atom is -0.395 e. The molecule has 1 aromatic carbocycles. The van der Waals surface area contributed by atoms with Gasteiger partial charge in [0.2, 0.25) is 5.91 Å². The van der Waals surface area contributed by atoms with Gasteiger partial charge in [-0.05, 0) is 19.1 Å². The molecule has 0 aromatic heterocycles. The standard InChI is InChI=1S/C13H19N3O2/c1-3-16(6-7-17)9-4-5-10-11(8-9)15(2)13(18)12(10)14/h4-5,8,12,17H,3,6-7,14H2,1-2H3. The van der Waals surface area contributed by atoms with E-state index in [1.165, 1.54) is 0 Å². The van der Waals surface area contributed by atoms with Crippen LogP contribution in [0.25, 0.3) is 0 Å². The fourth-order valence-corrected chi connectivity index (χ4v) is 2.33. The largest absolute Gasteiger partial charge is 0.395 e. The van der Waals surface area contributed by atoms with Gasteiger partial charge in [-0.25, -0.2) is 0 Å². The third-order valence-corrected chi connectivity index (χ3v) is 3.42. The van der Waals surface area contributed by atoms with Gasteiger partial charge in [-0.3, -0.25) is 4.79 Å². The minimum atomic E-state index is -0.549. The van der Waals surface area contributed by atoms with Gasteiger partial charge >= 0.3 is 0 Å². The monoisotopic (exact) mass is 249 g/mol. The van der Waals surface area contributed by atoms with Gasteiger partial charge in [0.1, 0.15) is 6.04 Å². The summed E-state index contributed by atoms with van der Waals surface area (Å²) in [4.78, 5) is 15.4. The third-order valence-electron chi connectivity index (χ3n) is 3.42. The van der Waals surface area contributed by atoms with Gasteiger partial charge in [-0.2, -0.15) is 0 Å². The molecule has 2 rings (SSSR count). The summed E-state index contributed by atoms with van der Waals surface area (Å²) in [7, 11) is 1.74. The van der Waals surface area contributed by atoms with Gasteiger partial charge in [0.05, 0.1) is 12.3 Å². The number of rotatable bonds is 4. The molecular weight excluding hydrogens is 230 g/mol. The van der Waals surface area contributed by atoms with Crippen LogP contribution in [0.4, 0.5) is 11.4 Å². The number of nitrogens with two attached hydrogens (primary N) is 1. The lowest BCUT2D eigenvalue weighted by Gasteiger charge is -2.23.